The van der Waals surface area contributed by atoms with E-state index < -0.39 is 22.0 Å². The van der Waals surface area contributed by atoms with E-state index >= 15 is 0 Å². The first-order valence-corrected chi connectivity index (χ1v) is 16.2. The van der Waals surface area contributed by atoms with Crippen LogP contribution in [0, 0.1) is 32.1 Å². The van der Waals surface area contributed by atoms with Crippen molar-refractivity contribution in [2.24, 2.45) is 11.8 Å². The van der Waals surface area contributed by atoms with Crippen LogP contribution in [0.25, 0.3) is 0 Å². The fourth-order valence-corrected chi connectivity index (χ4v) is 6.36. The van der Waals surface area contributed by atoms with Gasteiger partial charge < -0.3 is 38.2 Å². The SMILES string of the molecule is COc1cc(COC(=O)N2CCC(CCCC3CCN(C(=O)OCc4cc(OC)c(OC)cc4[N+](=O)[O-])CC3)CC2)c([N+](=O)[O-])cc1OC. The van der Waals surface area contributed by atoms with Crippen molar-refractivity contribution in [1.82, 2.24) is 9.80 Å². The molecule has 0 unspecified atom stereocenters. The number of ether oxygens (including phenoxy) is 6. The molecule has 0 saturated carbocycles. The van der Waals surface area contributed by atoms with E-state index in [0.29, 0.717) is 49.5 Å². The van der Waals surface area contributed by atoms with Crippen LogP contribution in [-0.4, -0.2) is 86.5 Å². The van der Waals surface area contributed by atoms with Crippen LogP contribution < -0.4 is 18.9 Å². The average molecular weight is 689 g/mol. The van der Waals surface area contributed by atoms with Gasteiger partial charge in [0.2, 0.25) is 0 Å². The maximum absolute atomic E-state index is 12.7. The lowest BCUT2D eigenvalue weighted by Crippen LogP contribution is -2.39. The van der Waals surface area contributed by atoms with Crippen molar-refractivity contribution in [2.45, 2.75) is 58.2 Å². The molecule has 2 aromatic rings. The maximum atomic E-state index is 12.7. The van der Waals surface area contributed by atoms with Crippen LogP contribution in [0.4, 0.5) is 21.0 Å². The Kier molecular flexibility index (Phi) is 13.1. The number of hydrogen-bond donors (Lipinski definition) is 0. The molecule has 2 heterocycles. The minimum absolute atomic E-state index is 0.214. The maximum Gasteiger partial charge on any atom is 0.410 e. The van der Waals surface area contributed by atoms with Gasteiger partial charge in [0.1, 0.15) is 13.2 Å². The number of piperidine rings is 2. The summed E-state index contributed by atoms with van der Waals surface area (Å²) in [5.41, 5.74) is 0.00678. The molecule has 0 aromatic heterocycles. The normalized spacial score (nSPS) is 15.3. The van der Waals surface area contributed by atoms with Gasteiger partial charge in [-0.15, -0.1) is 0 Å². The van der Waals surface area contributed by atoms with Crippen LogP contribution in [0.5, 0.6) is 23.0 Å². The van der Waals surface area contributed by atoms with Crippen molar-refractivity contribution in [3.63, 3.8) is 0 Å². The largest absolute Gasteiger partial charge is 0.493 e. The van der Waals surface area contributed by atoms with Gasteiger partial charge in [-0.25, -0.2) is 9.59 Å². The summed E-state index contributed by atoms with van der Waals surface area (Å²) in [4.78, 5) is 50.8. The molecule has 16 heteroatoms. The zero-order valence-electron chi connectivity index (χ0n) is 28.3. The zero-order chi connectivity index (χ0) is 35.5. The average Bonchev–Trinajstić information content (AvgIpc) is 3.12. The van der Waals surface area contributed by atoms with Crippen LogP contribution in [0.1, 0.15) is 56.1 Å². The molecule has 2 aliphatic rings. The number of nitro groups is 2. The second-order valence-corrected chi connectivity index (χ2v) is 12.1. The monoisotopic (exact) mass is 688 g/mol. The Hall–Kier alpha value is -5.02. The van der Waals surface area contributed by atoms with Gasteiger partial charge in [-0.05, 0) is 49.7 Å². The van der Waals surface area contributed by atoms with E-state index in [-0.39, 0.29) is 47.2 Å². The summed E-state index contributed by atoms with van der Waals surface area (Å²) in [5.74, 6) is 2.04. The summed E-state index contributed by atoms with van der Waals surface area (Å²) in [5, 5.41) is 23.1. The van der Waals surface area contributed by atoms with Crippen LogP contribution >= 0.6 is 0 Å². The summed E-state index contributed by atoms with van der Waals surface area (Å²) < 4.78 is 31.6. The van der Waals surface area contributed by atoms with Gasteiger partial charge in [-0.2, -0.15) is 0 Å². The molecule has 0 N–H and O–H groups in total. The molecule has 49 heavy (non-hydrogen) atoms. The van der Waals surface area contributed by atoms with Gasteiger partial charge in [0.15, 0.2) is 23.0 Å². The highest BCUT2D eigenvalue weighted by Crippen LogP contribution is 2.36. The van der Waals surface area contributed by atoms with Crippen molar-refractivity contribution in [1.29, 1.82) is 0 Å². The van der Waals surface area contributed by atoms with E-state index in [9.17, 15) is 29.8 Å². The van der Waals surface area contributed by atoms with Gasteiger partial charge >= 0.3 is 12.2 Å². The Morgan fingerprint density at radius 2 is 0.959 bits per heavy atom. The standard InChI is InChI=1S/C33H44N4O12/c1-44-28-16-24(26(36(40)41)18-30(28)46-3)20-48-32(38)34-12-8-22(9-13-34)6-5-7-23-10-14-35(15-11-23)33(39)49-21-25-17-29(45-2)31(47-4)19-27(25)37(42)43/h16-19,22-23H,5-15,20-21H2,1-4H3. The third kappa shape index (κ3) is 9.54. The molecular weight excluding hydrogens is 644 g/mol. The topological polar surface area (TPSA) is 182 Å². The zero-order valence-corrected chi connectivity index (χ0v) is 28.3. The van der Waals surface area contributed by atoms with Crippen LogP contribution in [0.3, 0.4) is 0 Å². The molecule has 2 aromatic carbocycles. The minimum atomic E-state index is -0.547. The fourth-order valence-electron chi connectivity index (χ4n) is 6.36. The molecule has 0 bridgehead atoms. The number of amides is 2. The lowest BCUT2D eigenvalue weighted by atomic mass is 9.87. The number of carbonyl (C=O) groups is 2. The number of benzene rings is 2. The Balaban J connectivity index is 1.14. The summed E-state index contributed by atoms with van der Waals surface area (Å²) in [6, 6.07) is 5.41. The predicted molar refractivity (Wildman–Crippen MR) is 175 cm³/mol. The summed E-state index contributed by atoms with van der Waals surface area (Å²) >= 11 is 0. The van der Waals surface area contributed by atoms with Crippen molar-refractivity contribution in [3.8, 4) is 23.0 Å². The predicted octanol–water partition coefficient (Wildman–Crippen LogP) is 6.11. The van der Waals surface area contributed by atoms with Crippen molar-refractivity contribution in [3.05, 3.63) is 55.6 Å². The Bertz CT molecular complexity index is 1380. The molecule has 16 nitrogen and oxygen atoms in total. The van der Waals surface area contributed by atoms with Crippen molar-refractivity contribution < 1.29 is 47.9 Å². The third-order valence-corrected chi connectivity index (χ3v) is 9.24. The molecular formula is C33H44N4O12. The Labute approximate surface area is 284 Å². The smallest absolute Gasteiger partial charge is 0.410 e. The molecule has 2 aliphatic heterocycles. The minimum Gasteiger partial charge on any atom is -0.493 e. The quantitative estimate of drug-likeness (QED) is 0.164. The van der Waals surface area contributed by atoms with Gasteiger partial charge in [-0.3, -0.25) is 20.2 Å². The summed E-state index contributed by atoms with van der Waals surface area (Å²) in [6.07, 6.45) is 5.56. The first-order valence-electron chi connectivity index (χ1n) is 16.2. The first kappa shape index (κ1) is 36.8. The Morgan fingerprint density at radius 1 is 0.633 bits per heavy atom. The highest BCUT2D eigenvalue weighted by Gasteiger charge is 2.28. The second-order valence-electron chi connectivity index (χ2n) is 12.1. The van der Waals surface area contributed by atoms with E-state index in [1.807, 2.05) is 0 Å². The van der Waals surface area contributed by atoms with Gasteiger partial charge in [0, 0.05) is 26.2 Å². The molecule has 2 saturated heterocycles. The highest BCUT2D eigenvalue weighted by molar-refractivity contribution is 5.68. The molecule has 268 valence electrons. The number of methoxy groups -OCH3 is 4. The van der Waals surface area contributed by atoms with Crippen molar-refractivity contribution in [2.75, 3.05) is 54.6 Å². The number of carbonyl (C=O) groups excluding carboxylic acids is 2. The lowest BCUT2D eigenvalue weighted by molar-refractivity contribution is -0.386. The van der Waals surface area contributed by atoms with Gasteiger partial charge in [0.05, 0.1) is 61.5 Å². The van der Waals surface area contributed by atoms with E-state index in [4.69, 9.17) is 28.4 Å². The lowest BCUT2D eigenvalue weighted by Gasteiger charge is -2.33. The number of hydrogen-bond acceptors (Lipinski definition) is 12. The molecule has 0 aliphatic carbocycles. The number of likely N-dealkylation sites (tertiary alicyclic amines) is 2. The van der Waals surface area contributed by atoms with Gasteiger partial charge in [-0.1, -0.05) is 19.3 Å². The van der Waals surface area contributed by atoms with E-state index in [2.05, 4.69) is 0 Å². The van der Waals surface area contributed by atoms with Crippen LogP contribution in [0.2, 0.25) is 0 Å². The van der Waals surface area contributed by atoms with Gasteiger partial charge in [0.25, 0.3) is 11.4 Å². The molecule has 0 atom stereocenters. The molecule has 0 radical (unpaired) electrons. The molecule has 2 amide bonds. The van der Waals surface area contributed by atoms with Crippen LogP contribution in [-0.2, 0) is 22.7 Å². The number of nitro benzene ring substituents is 2. The number of rotatable bonds is 14. The van der Waals surface area contributed by atoms with E-state index in [0.717, 1.165) is 44.9 Å². The fraction of sp³-hybridized carbons (Fsp3) is 0.576. The summed E-state index contributed by atoms with van der Waals surface area (Å²) in [7, 11) is 5.63. The molecule has 0 spiro atoms. The van der Waals surface area contributed by atoms with E-state index in [1.54, 1.807) is 9.80 Å². The summed E-state index contributed by atoms with van der Waals surface area (Å²) in [6.45, 7) is 1.72. The third-order valence-electron chi connectivity index (χ3n) is 9.24. The van der Waals surface area contributed by atoms with Crippen molar-refractivity contribution >= 4 is 23.6 Å². The second kappa shape index (κ2) is 17.4. The Morgan fingerprint density at radius 3 is 1.27 bits per heavy atom. The number of nitrogens with zero attached hydrogens (tertiary/aromatic N) is 4. The first-order chi connectivity index (χ1) is 23.6. The van der Waals surface area contributed by atoms with E-state index in [1.165, 1.54) is 52.7 Å². The highest BCUT2D eigenvalue weighted by atomic mass is 16.6. The molecule has 4 rings (SSSR count). The molecule has 2 fully saturated rings. The van der Waals surface area contributed by atoms with Crippen LogP contribution in [0.15, 0.2) is 24.3 Å².